The molecule has 0 bridgehead atoms. The monoisotopic (exact) mass is 236 g/mol. The highest BCUT2D eigenvalue weighted by atomic mass is 15.1. The van der Waals surface area contributed by atoms with Crippen molar-refractivity contribution in [1.82, 2.24) is 0 Å². The highest BCUT2D eigenvalue weighted by Crippen LogP contribution is 2.25. The molecule has 2 rings (SSSR count). The zero-order valence-corrected chi connectivity index (χ0v) is 10.7. The molecule has 0 aromatic heterocycles. The lowest BCUT2D eigenvalue weighted by Gasteiger charge is -2.23. The maximum absolute atomic E-state index is 8.95. The van der Waals surface area contributed by atoms with Gasteiger partial charge in [-0.2, -0.15) is 5.26 Å². The Hall–Kier alpha value is -2.27. The van der Waals surface area contributed by atoms with Gasteiger partial charge in [-0.05, 0) is 44.2 Å². The fraction of sp³-hybridized carbons (Fsp3) is 0.188. The van der Waals surface area contributed by atoms with Crippen LogP contribution in [0, 0.1) is 18.3 Å². The van der Waals surface area contributed by atoms with E-state index in [2.05, 4.69) is 49.1 Å². The molecule has 90 valence electrons. The summed E-state index contributed by atoms with van der Waals surface area (Å²) in [7, 11) is 0. The Kier molecular flexibility index (Phi) is 3.64. The second-order valence-corrected chi connectivity index (χ2v) is 4.24. The van der Waals surface area contributed by atoms with Gasteiger partial charge < -0.3 is 4.90 Å². The van der Waals surface area contributed by atoms with Gasteiger partial charge in [-0.25, -0.2) is 0 Å². The van der Waals surface area contributed by atoms with Crippen molar-refractivity contribution in [2.45, 2.75) is 13.8 Å². The molecule has 0 aliphatic carbocycles. The summed E-state index contributed by atoms with van der Waals surface area (Å²) in [6.07, 6.45) is 0. The van der Waals surface area contributed by atoms with Crippen LogP contribution in [-0.2, 0) is 0 Å². The standard InChI is InChI=1S/C16H16N2/c1-3-18(15-9-7-13(2)8-10-15)16-6-4-5-14(11-16)12-17/h4-11H,3H2,1-2H3. The summed E-state index contributed by atoms with van der Waals surface area (Å²) in [6, 6.07) is 18.3. The van der Waals surface area contributed by atoms with E-state index < -0.39 is 0 Å². The zero-order chi connectivity index (χ0) is 13.0. The maximum Gasteiger partial charge on any atom is 0.0992 e. The first-order chi connectivity index (χ1) is 8.74. The molecular weight excluding hydrogens is 220 g/mol. The van der Waals surface area contributed by atoms with Gasteiger partial charge in [0.2, 0.25) is 0 Å². The Bertz CT molecular complexity index is 564. The Balaban J connectivity index is 2.39. The van der Waals surface area contributed by atoms with E-state index in [1.165, 1.54) is 5.56 Å². The van der Waals surface area contributed by atoms with Gasteiger partial charge in [0, 0.05) is 17.9 Å². The first-order valence-electron chi connectivity index (χ1n) is 6.09. The molecule has 0 amide bonds. The van der Waals surface area contributed by atoms with Gasteiger partial charge in [0.15, 0.2) is 0 Å². The molecule has 0 saturated heterocycles. The lowest BCUT2D eigenvalue weighted by Crippen LogP contribution is -2.15. The third kappa shape index (κ3) is 2.52. The average molecular weight is 236 g/mol. The molecule has 2 aromatic rings. The summed E-state index contributed by atoms with van der Waals surface area (Å²) in [5, 5.41) is 8.95. The van der Waals surface area contributed by atoms with Crippen molar-refractivity contribution in [2.24, 2.45) is 0 Å². The minimum Gasteiger partial charge on any atom is -0.342 e. The number of nitriles is 1. The molecule has 0 spiro atoms. The van der Waals surface area contributed by atoms with Crippen molar-refractivity contribution in [3.05, 3.63) is 59.7 Å². The second kappa shape index (κ2) is 5.37. The van der Waals surface area contributed by atoms with Crippen molar-refractivity contribution in [3.8, 4) is 6.07 Å². The first kappa shape index (κ1) is 12.2. The Morgan fingerprint density at radius 2 is 1.78 bits per heavy atom. The molecule has 18 heavy (non-hydrogen) atoms. The van der Waals surface area contributed by atoms with Gasteiger partial charge in [-0.15, -0.1) is 0 Å². The predicted octanol–water partition coefficient (Wildman–Crippen LogP) is 4.02. The summed E-state index contributed by atoms with van der Waals surface area (Å²) >= 11 is 0. The molecule has 0 radical (unpaired) electrons. The van der Waals surface area contributed by atoms with Gasteiger partial charge in [0.1, 0.15) is 0 Å². The van der Waals surface area contributed by atoms with Gasteiger partial charge in [0.25, 0.3) is 0 Å². The van der Waals surface area contributed by atoms with Crippen LogP contribution >= 0.6 is 0 Å². The van der Waals surface area contributed by atoms with E-state index in [0.29, 0.717) is 5.56 Å². The van der Waals surface area contributed by atoms with E-state index >= 15 is 0 Å². The molecule has 2 heteroatoms. The normalized spacial score (nSPS) is 9.83. The summed E-state index contributed by atoms with van der Waals surface area (Å²) < 4.78 is 0. The van der Waals surface area contributed by atoms with E-state index in [1.807, 2.05) is 24.3 Å². The summed E-state index contributed by atoms with van der Waals surface area (Å²) in [4.78, 5) is 2.19. The predicted molar refractivity (Wildman–Crippen MR) is 75.0 cm³/mol. The summed E-state index contributed by atoms with van der Waals surface area (Å²) in [5.41, 5.74) is 4.15. The Morgan fingerprint density at radius 1 is 1.06 bits per heavy atom. The number of hydrogen-bond acceptors (Lipinski definition) is 2. The van der Waals surface area contributed by atoms with E-state index in [4.69, 9.17) is 5.26 Å². The molecular formula is C16H16N2. The van der Waals surface area contributed by atoms with Crippen LogP contribution < -0.4 is 4.90 Å². The van der Waals surface area contributed by atoms with E-state index in [0.717, 1.165) is 17.9 Å². The van der Waals surface area contributed by atoms with Crippen LogP contribution in [0.25, 0.3) is 0 Å². The number of aryl methyl sites for hydroxylation is 1. The molecule has 0 fully saturated rings. The van der Waals surface area contributed by atoms with Crippen LogP contribution in [0.2, 0.25) is 0 Å². The molecule has 0 N–H and O–H groups in total. The number of hydrogen-bond donors (Lipinski definition) is 0. The maximum atomic E-state index is 8.95. The van der Waals surface area contributed by atoms with Gasteiger partial charge in [-0.3, -0.25) is 0 Å². The minimum atomic E-state index is 0.693. The lowest BCUT2D eigenvalue weighted by atomic mass is 10.1. The molecule has 0 aliphatic heterocycles. The van der Waals surface area contributed by atoms with Crippen molar-refractivity contribution in [3.63, 3.8) is 0 Å². The third-order valence-electron chi connectivity index (χ3n) is 2.95. The highest BCUT2D eigenvalue weighted by Gasteiger charge is 2.07. The number of nitrogens with zero attached hydrogens (tertiary/aromatic N) is 2. The fourth-order valence-electron chi connectivity index (χ4n) is 1.98. The zero-order valence-electron chi connectivity index (χ0n) is 10.7. The SMILES string of the molecule is CCN(c1ccc(C)cc1)c1cccc(C#N)c1. The Morgan fingerprint density at radius 3 is 2.39 bits per heavy atom. The number of benzene rings is 2. The highest BCUT2D eigenvalue weighted by molar-refractivity contribution is 5.64. The van der Waals surface area contributed by atoms with Crippen molar-refractivity contribution in [2.75, 3.05) is 11.4 Å². The third-order valence-corrected chi connectivity index (χ3v) is 2.95. The topological polar surface area (TPSA) is 27.0 Å². The molecule has 2 nitrogen and oxygen atoms in total. The fourth-order valence-corrected chi connectivity index (χ4v) is 1.98. The van der Waals surface area contributed by atoms with E-state index in [-0.39, 0.29) is 0 Å². The summed E-state index contributed by atoms with van der Waals surface area (Å²) in [5.74, 6) is 0. The molecule has 0 unspecified atom stereocenters. The van der Waals surface area contributed by atoms with E-state index in [1.54, 1.807) is 0 Å². The van der Waals surface area contributed by atoms with Crippen LogP contribution in [0.3, 0.4) is 0 Å². The number of rotatable bonds is 3. The molecule has 0 aliphatic rings. The largest absolute Gasteiger partial charge is 0.342 e. The van der Waals surface area contributed by atoms with Gasteiger partial charge in [0.05, 0.1) is 11.6 Å². The number of anilines is 2. The van der Waals surface area contributed by atoms with E-state index in [9.17, 15) is 0 Å². The van der Waals surface area contributed by atoms with Gasteiger partial charge >= 0.3 is 0 Å². The van der Waals surface area contributed by atoms with Crippen molar-refractivity contribution < 1.29 is 0 Å². The summed E-state index contributed by atoms with van der Waals surface area (Å²) in [6.45, 7) is 5.06. The molecule has 0 heterocycles. The smallest absolute Gasteiger partial charge is 0.0992 e. The lowest BCUT2D eigenvalue weighted by molar-refractivity contribution is 1.02. The molecule has 2 aromatic carbocycles. The quantitative estimate of drug-likeness (QED) is 0.804. The van der Waals surface area contributed by atoms with Crippen molar-refractivity contribution in [1.29, 1.82) is 5.26 Å². The van der Waals surface area contributed by atoms with Crippen LogP contribution in [0.4, 0.5) is 11.4 Å². The first-order valence-corrected chi connectivity index (χ1v) is 6.09. The average Bonchev–Trinajstić information content (AvgIpc) is 2.42. The second-order valence-electron chi connectivity index (χ2n) is 4.24. The van der Waals surface area contributed by atoms with Crippen LogP contribution in [0.5, 0.6) is 0 Å². The molecule has 0 atom stereocenters. The van der Waals surface area contributed by atoms with Crippen molar-refractivity contribution >= 4 is 11.4 Å². The van der Waals surface area contributed by atoms with Crippen LogP contribution in [0.1, 0.15) is 18.1 Å². The van der Waals surface area contributed by atoms with Crippen LogP contribution in [-0.4, -0.2) is 6.54 Å². The minimum absolute atomic E-state index is 0.693. The Labute approximate surface area is 108 Å². The van der Waals surface area contributed by atoms with Gasteiger partial charge in [-0.1, -0.05) is 23.8 Å². The van der Waals surface area contributed by atoms with Crippen LogP contribution in [0.15, 0.2) is 48.5 Å². The molecule has 0 saturated carbocycles.